The second kappa shape index (κ2) is 7.21. The lowest BCUT2D eigenvalue weighted by atomic mass is 9.48. The molecule has 3 fully saturated rings. The van der Waals surface area contributed by atoms with Gasteiger partial charge in [-0.1, -0.05) is 32.8 Å². The Balaban J connectivity index is 1.53. The lowest BCUT2D eigenvalue weighted by Crippen LogP contribution is -2.60. The van der Waals surface area contributed by atoms with Crippen molar-refractivity contribution in [3.63, 3.8) is 0 Å². The van der Waals surface area contributed by atoms with Gasteiger partial charge in [0.1, 0.15) is 0 Å². The van der Waals surface area contributed by atoms with Crippen LogP contribution in [-0.4, -0.2) is 18.6 Å². The molecule has 4 aliphatic rings. The minimum atomic E-state index is -0.0685. The highest BCUT2D eigenvalue weighted by Gasteiger charge is 2.58. The molecule has 0 saturated heterocycles. The molecule has 0 bridgehead atoms. The molecule has 3 nitrogen and oxygen atoms in total. The number of ether oxygens (including phenoxy) is 1. The quantitative estimate of drug-likeness (QED) is 0.542. The van der Waals surface area contributed by atoms with Crippen molar-refractivity contribution in [1.29, 1.82) is 0 Å². The molecule has 3 heteroatoms. The summed E-state index contributed by atoms with van der Waals surface area (Å²) in [5.41, 5.74) is 9.27. The normalized spacial score (nSPS) is 44.5. The highest BCUT2D eigenvalue weighted by Crippen LogP contribution is 2.63. The van der Waals surface area contributed by atoms with Crippen molar-refractivity contribution in [2.45, 2.75) is 90.0 Å². The molecular formula is C24H39NO2. The van der Waals surface area contributed by atoms with Gasteiger partial charge < -0.3 is 10.5 Å². The van der Waals surface area contributed by atoms with Crippen LogP contribution in [0.3, 0.4) is 0 Å². The number of allylic oxidation sites excluding steroid dienone is 1. The molecule has 4 rings (SSSR count). The fraction of sp³-hybridized carbons (Fsp3) is 0.875. The van der Waals surface area contributed by atoms with Crippen molar-refractivity contribution >= 4 is 5.97 Å². The summed E-state index contributed by atoms with van der Waals surface area (Å²) in [6.45, 7) is 4.88. The molecule has 7 atom stereocenters. The number of hydrogen-bond donors (Lipinski definition) is 1. The Labute approximate surface area is 165 Å². The van der Waals surface area contributed by atoms with E-state index in [2.05, 4.69) is 19.9 Å². The predicted octanol–water partition coefficient (Wildman–Crippen LogP) is 5.24. The summed E-state index contributed by atoms with van der Waals surface area (Å²) in [5, 5.41) is 0. The van der Waals surface area contributed by atoms with Gasteiger partial charge in [0.15, 0.2) is 0 Å². The molecule has 27 heavy (non-hydrogen) atoms. The van der Waals surface area contributed by atoms with E-state index in [9.17, 15) is 4.79 Å². The molecule has 0 spiro atoms. The number of hydrogen-bond acceptors (Lipinski definition) is 3. The second-order valence-electron chi connectivity index (χ2n) is 10.4. The van der Waals surface area contributed by atoms with Crippen molar-refractivity contribution in [3.8, 4) is 0 Å². The third kappa shape index (κ3) is 3.09. The minimum absolute atomic E-state index is 0.0532. The Morgan fingerprint density at radius 1 is 1.26 bits per heavy atom. The first-order valence-corrected chi connectivity index (χ1v) is 11.5. The van der Waals surface area contributed by atoms with Crippen LogP contribution in [-0.2, 0) is 9.53 Å². The van der Waals surface area contributed by atoms with Gasteiger partial charge in [-0.15, -0.1) is 0 Å². The fourth-order valence-electron chi connectivity index (χ4n) is 7.81. The number of esters is 1. The molecule has 3 saturated carbocycles. The second-order valence-corrected chi connectivity index (χ2v) is 10.4. The molecule has 0 radical (unpaired) electrons. The zero-order chi connectivity index (χ0) is 19.2. The van der Waals surface area contributed by atoms with Crippen molar-refractivity contribution in [2.75, 3.05) is 7.11 Å². The van der Waals surface area contributed by atoms with Gasteiger partial charge in [-0.3, -0.25) is 4.79 Å². The lowest BCUT2D eigenvalue weighted by molar-refractivity contribution is -0.141. The van der Waals surface area contributed by atoms with Crippen LogP contribution in [0.4, 0.5) is 0 Å². The molecule has 4 aliphatic carbocycles. The van der Waals surface area contributed by atoms with Crippen LogP contribution in [0.5, 0.6) is 0 Å². The molecule has 0 aromatic carbocycles. The molecule has 152 valence electrons. The first-order chi connectivity index (χ1) is 12.9. The van der Waals surface area contributed by atoms with Gasteiger partial charge in [0, 0.05) is 12.0 Å². The Hall–Kier alpha value is -0.830. The topological polar surface area (TPSA) is 52.3 Å². The summed E-state index contributed by atoms with van der Waals surface area (Å²) >= 11 is 0. The fourth-order valence-corrected chi connectivity index (χ4v) is 7.81. The van der Waals surface area contributed by atoms with E-state index in [0.29, 0.717) is 23.7 Å². The molecule has 0 aromatic heterocycles. The van der Waals surface area contributed by atoms with E-state index in [-0.39, 0.29) is 11.5 Å². The lowest BCUT2D eigenvalue weighted by Gasteiger charge is -2.59. The molecule has 3 unspecified atom stereocenters. The highest BCUT2D eigenvalue weighted by molar-refractivity contribution is 5.69. The first kappa shape index (κ1) is 19.5. The van der Waals surface area contributed by atoms with Crippen molar-refractivity contribution < 1.29 is 9.53 Å². The molecule has 0 aliphatic heterocycles. The Kier molecular flexibility index (Phi) is 5.20. The van der Waals surface area contributed by atoms with Crippen molar-refractivity contribution in [1.82, 2.24) is 0 Å². The van der Waals surface area contributed by atoms with Gasteiger partial charge in [-0.05, 0) is 91.9 Å². The maximum absolute atomic E-state index is 11.6. The van der Waals surface area contributed by atoms with Crippen LogP contribution < -0.4 is 5.73 Å². The Morgan fingerprint density at radius 2 is 2.07 bits per heavy atom. The van der Waals surface area contributed by atoms with Crippen molar-refractivity contribution in [2.24, 2.45) is 40.7 Å². The van der Waals surface area contributed by atoms with Gasteiger partial charge in [-0.25, -0.2) is 0 Å². The third-order valence-corrected chi connectivity index (χ3v) is 9.32. The maximum Gasteiger partial charge on any atom is 0.305 e. The highest BCUT2D eigenvalue weighted by atomic mass is 16.5. The van der Waals surface area contributed by atoms with Crippen LogP contribution in [0.2, 0.25) is 0 Å². The summed E-state index contributed by atoms with van der Waals surface area (Å²) in [6.07, 6.45) is 16.0. The summed E-state index contributed by atoms with van der Waals surface area (Å²) in [4.78, 5) is 11.6. The van der Waals surface area contributed by atoms with Crippen LogP contribution >= 0.6 is 0 Å². The average Bonchev–Trinajstić information content (AvgIpc) is 3.10. The first-order valence-electron chi connectivity index (χ1n) is 11.5. The number of fused-ring (bicyclic) bond motifs is 5. The standard InChI is InChI=1S/C24H39NO2/c1-16(7-12-22(26)27-3)18-8-10-20-19(18)9-11-21-23(2)14-5-4-6-17(23)13-15-24(20,21)25/h11,16-20H,4-10,12-15,25H2,1-3H3/t16-,17+,18?,19?,20?,23+,24-/m1/s1. The Bertz CT molecular complexity index is 614. The summed E-state index contributed by atoms with van der Waals surface area (Å²) < 4.78 is 4.85. The van der Waals surface area contributed by atoms with E-state index in [1.165, 1.54) is 64.9 Å². The zero-order valence-corrected chi connectivity index (χ0v) is 17.6. The van der Waals surface area contributed by atoms with E-state index < -0.39 is 0 Å². The van der Waals surface area contributed by atoms with Gasteiger partial charge >= 0.3 is 5.97 Å². The van der Waals surface area contributed by atoms with E-state index in [0.717, 1.165) is 24.2 Å². The largest absolute Gasteiger partial charge is 0.469 e. The number of carbonyl (C=O) groups is 1. The SMILES string of the molecule is COC(=O)CC[C@@H](C)C1CCC2C1CC=C1[C@@]2(N)CC[C@@H]2CCCC[C@]12C. The van der Waals surface area contributed by atoms with E-state index in [1.807, 2.05) is 0 Å². The zero-order valence-electron chi connectivity index (χ0n) is 17.6. The number of carbonyl (C=O) groups excluding carboxylic acids is 1. The number of rotatable bonds is 4. The number of nitrogens with two attached hydrogens (primary N) is 1. The average molecular weight is 374 g/mol. The maximum atomic E-state index is 11.6. The van der Waals surface area contributed by atoms with Crippen LogP contribution in [0.15, 0.2) is 11.6 Å². The van der Waals surface area contributed by atoms with E-state index >= 15 is 0 Å². The smallest absolute Gasteiger partial charge is 0.305 e. The molecule has 0 aromatic rings. The molecule has 0 heterocycles. The van der Waals surface area contributed by atoms with Gasteiger partial charge in [0.05, 0.1) is 7.11 Å². The van der Waals surface area contributed by atoms with Gasteiger partial charge in [0.2, 0.25) is 0 Å². The van der Waals surface area contributed by atoms with E-state index in [4.69, 9.17) is 10.5 Å². The minimum Gasteiger partial charge on any atom is -0.469 e. The monoisotopic (exact) mass is 373 g/mol. The summed E-state index contributed by atoms with van der Waals surface area (Å²) in [6, 6.07) is 0. The number of methoxy groups -OCH3 is 1. The third-order valence-electron chi connectivity index (χ3n) is 9.32. The van der Waals surface area contributed by atoms with Crippen LogP contribution in [0.25, 0.3) is 0 Å². The predicted molar refractivity (Wildman–Crippen MR) is 109 cm³/mol. The summed E-state index contributed by atoms with van der Waals surface area (Å²) in [5.74, 6) is 3.47. The van der Waals surface area contributed by atoms with Gasteiger partial charge in [0.25, 0.3) is 0 Å². The van der Waals surface area contributed by atoms with Crippen LogP contribution in [0, 0.1) is 35.0 Å². The summed E-state index contributed by atoms with van der Waals surface area (Å²) in [7, 11) is 1.49. The van der Waals surface area contributed by atoms with Crippen LogP contribution in [0.1, 0.15) is 84.5 Å². The molecular weight excluding hydrogens is 334 g/mol. The van der Waals surface area contributed by atoms with Crippen molar-refractivity contribution in [3.05, 3.63) is 11.6 Å². The Morgan fingerprint density at radius 3 is 2.85 bits per heavy atom. The molecule has 2 N–H and O–H groups in total. The van der Waals surface area contributed by atoms with E-state index in [1.54, 1.807) is 5.57 Å². The molecule has 0 amide bonds. The van der Waals surface area contributed by atoms with Gasteiger partial charge in [-0.2, -0.15) is 0 Å².